The average Bonchev–Trinajstić information content (AvgIpc) is 2.73. The molecule has 1 saturated heterocycles. The van der Waals surface area contributed by atoms with Gasteiger partial charge < -0.3 is 10.5 Å². The Balaban J connectivity index is 2.18. The van der Waals surface area contributed by atoms with Gasteiger partial charge in [-0.25, -0.2) is 4.98 Å². The molecule has 1 aromatic rings. The zero-order chi connectivity index (χ0) is 11.4. The van der Waals surface area contributed by atoms with E-state index in [1.165, 1.54) is 18.4 Å². The summed E-state index contributed by atoms with van der Waals surface area (Å²) >= 11 is 0. The quantitative estimate of drug-likeness (QED) is 0.829. The van der Waals surface area contributed by atoms with Crippen LogP contribution >= 0.6 is 0 Å². The van der Waals surface area contributed by atoms with Crippen LogP contribution < -0.4 is 10.5 Å². The Labute approximate surface area is 96.4 Å². The van der Waals surface area contributed by atoms with Crippen LogP contribution in [0, 0.1) is 0 Å². The Morgan fingerprint density at radius 3 is 3.19 bits per heavy atom. The molecule has 4 nitrogen and oxygen atoms in total. The minimum Gasteiger partial charge on any atom is -0.476 e. The number of hydrogen-bond donors (Lipinski definition) is 1. The molecule has 2 rings (SSSR count). The molecule has 0 aliphatic carbocycles. The van der Waals surface area contributed by atoms with Crippen molar-refractivity contribution < 1.29 is 4.74 Å². The minimum atomic E-state index is 0.446. The summed E-state index contributed by atoms with van der Waals surface area (Å²) in [5, 5.41) is 0. The standard InChI is InChI=1S/C12H19N3O/c1-15-8-3-5-11(15)10-4-2-7-14-12(10)16-9-6-13/h2,4,7,11H,3,5-6,8-9,13H2,1H3. The van der Waals surface area contributed by atoms with Gasteiger partial charge in [0.25, 0.3) is 0 Å². The summed E-state index contributed by atoms with van der Waals surface area (Å²) in [5.74, 6) is 0.742. The molecule has 2 heterocycles. The summed E-state index contributed by atoms with van der Waals surface area (Å²) in [6, 6.07) is 4.52. The van der Waals surface area contributed by atoms with Gasteiger partial charge in [0, 0.05) is 24.3 Å². The molecule has 1 fully saturated rings. The fourth-order valence-corrected chi connectivity index (χ4v) is 2.24. The predicted molar refractivity (Wildman–Crippen MR) is 63.4 cm³/mol. The summed E-state index contributed by atoms with van der Waals surface area (Å²) in [7, 11) is 2.15. The van der Waals surface area contributed by atoms with E-state index in [0.717, 1.165) is 12.4 Å². The summed E-state index contributed by atoms with van der Waals surface area (Å²) in [5.41, 5.74) is 6.63. The number of likely N-dealkylation sites (tertiary alicyclic amines) is 1. The molecule has 2 N–H and O–H groups in total. The molecule has 1 unspecified atom stereocenters. The first-order valence-electron chi connectivity index (χ1n) is 5.81. The topological polar surface area (TPSA) is 51.4 Å². The van der Waals surface area contributed by atoms with Crippen LogP contribution in [-0.4, -0.2) is 36.6 Å². The van der Waals surface area contributed by atoms with Crippen LogP contribution in [0.4, 0.5) is 0 Å². The molecule has 0 spiro atoms. The molecule has 1 aliphatic heterocycles. The number of nitrogens with two attached hydrogens (primary N) is 1. The molecule has 0 amide bonds. The normalized spacial score (nSPS) is 21.2. The van der Waals surface area contributed by atoms with E-state index in [0.29, 0.717) is 19.2 Å². The summed E-state index contributed by atoms with van der Waals surface area (Å²) in [6.45, 7) is 2.20. The Bertz CT molecular complexity index is 343. The predicted octanol–water partition coefficient (Wildman–Crippen LogP) is 1.19. The van der Waals surface area contributed by atoms with Crippen LogP contribution in [0.5, 0.6) is 5.88 Å². The van der Waals surface area contributed by atoms with Gasteiger partial charge in [-0.2, -0.15) is 0 Å². The molecule has 88 valence electrons. The minimum absolute atomic E-state index is 0.446. The summed E-state index contributed by atoms with van der Waals surface area (Å²) in [6.07, 6.45) is 4.19. The smallest absolute Gasteiger partial charge is 0.218 e. The van der Waals surface area contributed by atoms with Crippen molar-refractivity contribution in [1.82, 2.24) is 9.88 Å². The zero-order valence-corrected chi connectivity index (χ0v) is 9.72. The number of hydrogen-bond acceptors (Lipinski definition) is 4. The second-order valence-electron chi connectivity index (χ2n) is 4.17. The second kappa shape index (κ2) is 5.27. The SMILES string of the molecule is CN1CCCC1c1cccnc1OCCN. The van der Waals surface area contributed by atoms with E-state index < -0.39 is 0 Å². The van der Waals surface area contributed by atoms with E-state index in [2.05, 4.69) is 23.0 Å². The van der Waals surface area contributed by atoms with Crippen LogP contribution in [-0.2, 0) is 0 Å². The molecule has 1 atom stereocenters. The number of nitrogens with zero attached hydrogens (tertiary/aromatic N) is 2. The second-order valence-corrected chi connectivity index (χ2v) is 4.17. The van der Waals surface area contributed by atoms with Crippen LogP contribution in [0.2, 0.25) is 0 Å². The van der Waals surface area contributed by atoms with Crippen molar-refractivity contribution in [1.29, 1.82) is 0 Å². The Morgan fingerprint density at radius 1 is 1.62 bits per heavy atom. The lowest BCUT2D eigenvalue weighted by Crippen LogP contribution is -2.19. The molecule has 0 saturated carbocycles. The zero-order valence-electron chi connectivity index (χ0n) is 9.72. The molecule has 16 heavy (non-hydrogen) atoms. The van der Waals surface area contributed by atoms with E-state index in [1.54, 1.807) is 6.20 Å². The highest BCUT2D eigenvalue weighted by atomic mass is 16.5. The Kier molecular flexibility index (Phi) is 3.74. The number of aromatic nitrogens is 1. The van der Waals surface area contributed by atoms with Crippen LogP contribution in [0.25, 0.3) is 0 Å². The van der Waals surface area contributed by atoms with Crippen molar-refractivity contribution in [3.63, 3.8) is 0 Å². The van der Waals surface area contributed by atoms with Crippen LogP contribution in [0.1, 0.15) is 24.4 Å². The highest BCUT2D eigenvalue weighted by Crippen LogP contribution is 2.34. The van der Waals surface area contributed by atoms with Crippen LogP contribution in [0.15, 0.2) is 18.3 Å². The van der Waals surface area contributed by atoms with Crippen molar-refractivity contribution in [2.45, 2.75) is 18.9 Å². The van der Waals surface area contributed by atoms with E-state index in [1.807, 2.05) is 6.07 Å². The van der Waals surface area contributed by atoms with Gasteiger partial charge in [0.2, 0.25) is 5.88 Å². The van der Waals surface area contributed by atoms with E-state index in [9.17, 15) is 0 Å². The third-order valence-electron chi connectivity index (χ3n) is 3.04. The molecule has 1 aromatic heterocycles. The molecular weight excluding hydrogens is 202 g/mol. The maximum atomic E-state index is 5.58. The van der Waals surface area contributed by atoms with Gasteiger partial charge in [-0.15, -0.1) is 0 Å². The van der Waals surface area contributed by atoms with Gasteiger partial charge in [0.1, 0.15) is 6.61 Å². The lowest BCUT2D eigenvalue weighted by atomic mass is 10.1. The monoisotopic (exact) mass is 221 g/mol. The van der Waals surface area contributed by atoms with Gasteiger partial charge in [0.15, 0.2) is 0 Å². The van der Waals surface area contributed by atoms with Crippen molar-refractivity contribution >= 4 is 0 Å². The number of rotatable bonds is 4. The van der Waals surface area contributed by atoms with Gasteiger partial charge in [-0.05, 0) is 32.5 Å². The Morgan fingerprint density at radius 2 is 2.50 bits per heavy atom. The summed E-state index contributed by atoms with van der Waals surface area (Å²) in [4.78, 5) is 6.64. The summed E-state index contributed by atoms with van der Waals surface area (Å²) < 4.78 is 5.58. The first-order chi connectivity index (χ1) is 7.83. The maximum Gasteiger partial charge on any atom is 0.218 e. The van der Waals surface area contributed by atoms with E-state index >= 15 is 0 Å². The van der Waals surface area contributed by atoms with E-state index in [-0.39, 0.29) is 0 Å². The largest absolute Gasteiger partial charge is 0.476 e. The third-order valence-corrected chi connectivity index (χ3v) is 3.04. The first-order valence-corrected chi connectivity index (χ1v) is 5.81. The highest BCUT2D eigenvalue weighted by Gasteiger charge is 2.25. The first kappa shape index (κ1) is 11.4. The molecule has 0 radical (unpaired) electrons. The van der Waals surface area contributed by atoms with E-state index in [4.69, 9.17) is 10.5 Å². The highest BCUT2D eigenvalue weighted by molar-refractivity contribution is 5.29. The molecule has 0 aromatic carbocycles. The lowest BCUT2D eigenvalue weighted by Gasteiger charge is -2.21. The maximum absolute atomic E-state index is 5.58. The van der Waals surface area contributed by atoms with Gasteiger partial charge in [-0.1, -0.05) is 6.07 Å². The lowest BCUT2D eigenvalue weighted by molar-refractivity contribution is 0.280. The number of ether oxygens (including phenoxy) is 1. The van der Waals surface area contributed by atoms with Crippen molar-refractivity contribution in [2.75, 3.05) is 26.7 Å². The average molecular weight is 221 g/mol. The molecular formula is C12H19N3O. The van der Waals surface area contributed by atoms with Gasteiger partial charge >= 0.3 is 0 Å². The molecule has 4 heteroatoms. The molecule has 0 bridgehead atoms. The third kappa shape index (κ3) is 2.33. The van der Waals surface area contributed by atoms with Crippen molar-refractivity contribution in [3.05, 3.63) is 23.9 Å². The van der Waals surface area contributed by atoms with Crippen LogP contribution in [0.3, 0.4) is 0 Å². The number of pyridine rings is 1. The Hall–Kier alpha value is -1.13. The fourth-order valence-electron chi connectivity index (χ4n) is 2.24. The van der Waals surface area contributed by atoms with Gasteiger partial charge in [0.05, 0.1) is 0 Å². The van der Waals surface area contributed by atoms with Crippen molar-refractivity contribution in [2.24, 2.45) is 5.73 Å². The fraction of sp³-hybridized carbons (Fsp3) is 0.583. The molecule has 1 aliphatic rings. The van der Waals surface area contributed by atoms with Crippen molar-refractivity contribution in [3.8, 4) is 5.88 Å². The van der Waals surface area contributed by atoms with Gasteiger partial charge in [-0.3, -0.25) is 4.90 Å².